The molecule has 0 N–H and O–H groups in total. The normalized spacial score (nSPS) is 14.1. The van der Waals surface area contributed by atoms with Gasteiger partial charge in [0.2, 0.25) is 0 Å². The van der Waals surface area contributed by atoms with Crippen LogP contribution in [-0.4, -0.2) is 0 Å². The molecule has 2 aliphatic carbocycles. The van der Waals surface area contributed by atoms with Crippen molar-refractivity contribution < 1.29 is 0 Å². The minimum atomic E-state index is 1.09. The predicted molar refractivity (Wildman–Crippen MR) is 182 cm³/mol. The second-order valence-electron chi connectivity index (χ2n) is 11.9. The first-order valence-electron chi connectivity index (χ1n) is 15.2. The number of rotatable bonds is 2. The van der Waals surface area contributed by atoms with Gasteiger partial charge in [-0.3, -0.25) is 0 Å². The molecule has 0 radical (unpaired) electrons. The van der Waals surface area contributed by atoms with E-state index in [9.17, 15) is 0 Å². The van der Waals surface area contributed by atoms with E-state index in [0.29, 0.717) is 0 Å². The maximum Gasteiger partial charge on any atom is -0.00636 e. The van der Waals surface area contributed by atoms with Crippen LogP contribution in [0, 0.1) is 0 Å². The van der Waals surface area contributed by atoms with Crippen LogP contribution in [0.4, 0.5) is 0 Å². The zero-order valence-electron chi connectivity index (χ0n) is 23.5. The van der Waals surface area contributed by atoms with Gasteiger partial charge in [-0.15, -0.1) is 0 Å². The van der Waals surface area contributed by atoms with Crippen LogP contribution >= 0.6 is 0 Å². The Morgan fingerprint density at radius 3 is 1.76 bits per heavy atom. The van der Waals surface area contributed by atoms with Crippen molar-refractivity contribution >= 4 is 55.2 Å². The number of hydrogen-bond acceptors (Lipinski definition) is 0. The lowest BCUT2D eigenvalue weighted by Crippen LogP contribution is -2.04. The van der Waals surface area contributed by atoms with Gasteiger partial charge in [-0.1, -0.05) is 109 Å². The monoisotopic (exact) mass is 534 g/mol. The average Bonchev–Trinajstić information content (AvgIpc) is 3.07. The Labute approximate surface area is 246 Å². The molecular weight excluding hydrogens is 504 g/mol. The van der Waals surface area contributed by atoms with Crippen molar-refractivity contribution in [2.45, 2.75) is 25.7 Å². The van der Waals surface area contributed by atoms with E-state index in [1.54, 1.807) is 0 Å². The van der Waals surface area contributed by atoms with Crippen molar-refractivity contribution in [2.75, 3.05) is 0 Å². The summed E-state index contributed by atoms with van der Waals surface area (Å²) in [5.41, 5.74) is 11.0. The Morgan fingerprint density at radius 2 is 0.976 bits per heavy atom. The molecule has 0 aromatic heterocycles. The van der Waals surface area contributed by atoms with Crippen LogP contribution in [0.3, 0.4) is 0 Å². The first-order valence-corrected chi connectivity index (χ1v) is 15.2. The molecule has 0 spiro atoms. The summed E-state index contributed by atoms with van der Waals surface area (Å²) in [6, 6.07) is 40.9. The van der Waals surface area contributed by atoms with Crippen LogP contribution in [-0.2, 0) is 12.8 Å². The van der Waals surface area contributed by atoms with E-state index in [0.717, 1.165) is 25.7 Å². The number of allylic oxidation sites excluding steroid dienone is 2. The Hall–Kier alpha value is -4.94. The molecule has 9 rings (SSSR count). The summed E-state index contributed by atoms with van der Waals surface area (Å²) in [5, 5.41) is 10.9. The highest BCUT2D eigenvalue weighted by molar-refractivity contribution is 6.16. The number of hydrogen-bond donors (Lipinski definition) is 0. The van der Waals surface area contributed by atoms with Crippen molar-refractivity contribution in [1.82, 2.24) is 0 Å². The van der Waals surface area contributed by atoms with Gasteiger partial charge < -0.3 is 0 Å². The van der Waals surface area contributed by atoms with Gasteiger partial charge in [-0.2, -0.15) is 0 Å². The first-order chi connectivity index (χ1) is 20.8. The quantitative estimate of drug-likeness (QED) is 0.194. The molecule has 0 heterocycles. The fourth-order valence-electron chi connectivity index (χ4n) is 7.51. The molecule has 0 bridgehead atoms. The molecule has 0 amide bonds. The molecule has 0 atom stereocenters. The minimum Gasteiger partial charge on any atom is -0.0836 e. The molecule has 0 aliphatic heterocycles. The maximum absolute atomic E-state index is 2.51. The van der Waals surface area contributed by atoms with Gasteiger partial charge in [0.1, 0.15) is 0 Å². The zero-order chi connectivity index (χ0) is 27.6. The molecule has 7 aromatic carbocycles. The van der Waals surface area contributed by atoms with Crippen LogP contribution in [0.2, 0.25) is 0 Å². The topological polar surface area (TPSA) is 0 Å². The van der Waals surface area contributed by atoms with E-state index in [1.807, 2.05) is 0 Å². The Morgan fingerprint density at radius 1 is 0.405 bits per heavy atom. The van der Waals surface area contributed by atoms with E-state index in [-0.39, 0.29) is 0 Å². The van der Waals surface area contributed by atoms with Crippen LogP contribution in [0.1, 0.15) is 35.1 Å². The van der Waals surface area contributed by atoms with Gasteiger partial charge >= 0.3 is 0 Å². The molecule has 0 saturated heterocycles. The Kier molecular flexibility index (Phi) is 5.25. The summed E-state index contributed by atoms with van der Waals surface area (Å²) in [4.78, 5) is 0. The highest BCUT2D eigenvalue weighted by Gasteiger charge is 2.22. The van der Waals surface area contributed by atoms with E-state index in [2.05, 4.69) is 133 Å². The summed E-state index contributed by atoms with van der Waals surface area (Å²) in [5.74, 6) is 0. The van der Waals surface area contributed by atoms with Crippen molar-refractivity contribution in [3.05, 3.63) is 144 Å². The predicted octanol–water partition coefficient (Wildman–Crippen LogP) is 11.6. The van der Waals surface area contributed by atoms with Gasteiger partial charge in [0.15, 0.2) is 0 Å². The third-order valence-corrected chi connectivity index (χ3v) is 9.54. The molecule has 0 fully saturated rings. The molecular formula is C42H30. The van der Waals surface area contributed by atoms with Gasteiger partial charge in [0.05, 0.1) is 0 Å². The molecule has 0 unspecified atom stereocenters. The van der Waals surface area contributed by atoms with Crippen molar-refractivity contribution in [1.29, 1.82) is 0 Å². The lowest BCUT2D eigenvalue weighted by Gasteiger charge is -2.24. The van der Waals surface area contributed by atoms with Gasteiger partial charge in [-0.05, 0) is 138 Å². The van der Waals surface area contributed by atoms with Crippen LogP contribution in [0.15, 0.2) is 121 Å². The number of aryl methyl sites for hydroxylation is 2. The summed E-state index contributed by atoms with van der Waals surface area (Å²) in [7, 11) is 0. The van der Waals surface area contributed by atoms with Crippen LogP contribution in [0.5, 0.6) is 0 Å². The molecule has 198 valence electrons. The fraction of sp³-hybridized carbons (Fsp3) is 0.0952. The zero-order valence-corrected chi connectivity index (χ0v) is 23.5. The fourth-order valence-corrected chi connectivity index (χ4v) is 7.51. The van der Waals surface area contributed by atoms with Crippen molar-refractivity contribution in [3.63, 3.8) is 0 Å². The molecule has 2 aliphatic rings. The highest BCUT2D eigenvalue weighted by Crippen LogP contribution is 2.44. The Bertz CT molecular complexity index is 2290. The average molecular weight is 535 g/mol. The Balaban J connectivity index is 1.24. The lowest BCUT2D eigenvalue weighted by atomic mass is 9.79. The standard InChI is InChI=1S/C42H30/c1-2-10-28-23-29(18-17-27(28)9-1)30-19-20-32-25-33(22-21-31(32)24-30)40-26-41-36-13-4-3-11-34(36)35-12-5-7-15-38(35)42(41)39-16-8-6-14-37(39)40/h1-3,5-7,9-12,14-15,17-26H,4,8,13,16H2. The van der Waals surface area contributed by atoms with Gasteiger partial charge in [0, 0.05) is 0 Å². The molecule has 0 saturated carbocycles. The second kappa shape index (κ2) is 9.29. The third-order valence-electron chi connectivity index (χ3n) is 9.54. The maximum atomic E-state index is 2.51. The molecule has 0 nitrogen and oxygen atoms in total. The largest absolute Gasteiger partial charge is 0.0836 e. The van der Waals surface area contributed by atoms with Crippen LogP contribution in [0.25, 0.3) is 77.5 Å². The summed E-state index contributed by atoms with van der Waals surface area (Å²) in [6.45, 7) is 0. The van der Waals surface area contributed by atoms with E-state index in [1.165, 1.54) is 87.6 Å². The number of benzene rings is 7. The molecule has 7 aromatic rings. The molecule has 42 heavy (non-hydrogen) atoms. The number of fused-ring (bicyclic) bond motifs is 10. The van der Waals surface area contributed by atoms with Crippen molar-refractivity contribution in [2.24, 2.45) is 0 Å². The first kappa shape index (κ1) is 23.7. The van der Waals surface area contributed by atoms with E-state index >= 15 is 0 Å². The SMILES string of the molecule is C1=Cc2c(c3cc(-c4ccc5cc(-c6ccc7ccccc7c6)ccc5c4)c4c(c3c3ccccc23)CCC=C4)CC1. The van der Waals surface area contributed by atoms with Crippen molar-refractivity contribution in [3.8, 4) is 22.3 Å². The smallest absolute Gasteiger partial charge is 0.00636 e. The van der Waals surface area contributed by atoms with E-state index in [4.69, 9.17) is 0 Å². The summed E-state index contributed by atoms with van der Waals surface area (Å²) >= 11 is 0. The summed E-state index contributed by atoms with van der Waals surface area (Å²) < 4.78 is 0. The van der Waals surface area contributed by atoms with Crippen LogP contribution < -0.4 is 0 Å². The second-order valence-corrected chi connectivity index (χ2v) is 11.9. The lowest BCUT2D eigenvalue weighted by molar-refractivity contribution is 0.990. The highest BCUT2D eigenvalue weighted by atomic mass is 14.3. The molecule has 0 heteroatoms. The third kappa shape index (κ3) is 3.62. The summed E-state index contributed by atoms with van der Waals surface area (Å²) in [6.07, 6.45) is 13.9. The van der Waals surface area contributed by atoms with E-state index < -0.39 is 0 Å². The minimum absolute atomic E-state index is 1.09. The van der Waals surface area contributed by atoms with Gasteiger partial charge in [-0.25, -0.2) is 0 Å². The van der Waals surface area contributed by atoms with Gasteiger partial charge in [0.25, 0.3) is 0 Å².